The fraction of sp³-hybridized carbons (Fsp3) is 0.471. The van der Waals surface area contributed by atoms with Gasteiger partial charge in [-0.05, 0) is 55.7 Å². The molecule has 0 radical (unpaired) electrons. The molecule has 0 unspecified atom stereocenters. The third-order valence-corrected chi connectivity index (χ3v) is 4.11. The molecule has 2 aliphatic rings. The predicted molar refractivity (Wildman–Crippen MR) is 79.0 cm³/mol. The van der Waals surface area contributed by atoms with Crippen LogP contribution in [0.5, 0.6) is 0 Å². The Morgan fingerprint density at radius 1 is 1.33 bits per heavy atom. The smallest absolute Gasteiger partial charge is 0.252 e. The van der Waals surface area contributed by atoms with Gasteiger partial charge >= 0.3 is 0 Å². The minimum Gasteiger partial charge on any atom is -0.349 e. The number of halogens is 1. The lowest BCUT2D eigenvalue weighted by Gasteiger charge is -2.18. The lowest BCUT2D eigenvalue weighted by Crippen LogP contribution is -2.38. The maximum absolute atomic E-state index is 13.5. The molecule has 3 rings (SSSR count). The van der Waals surface area contributed by atoms with Gasteiger partial charge in [-0.3, -0.25) is 4.79 Å². The van der Waals surface area contributed by atoms with Gasteiger partial charge < -0.3 is 11.1 Å². The van der Waals surface area contributed by atoms with Crippen molar-refractivity contribution in [3.63, 3.8) is 0 Å². The quantitative estimate of drug-likeness (QED) is 0.832. The van der Waals surface area contributed by atoms with Crippen LogP contribution in [0.15, 0.2) is 18.2 Å². The van der Waals surface area contributed by atoms with E-state index in [0.717, 1.165) is 0 Å². The van der Waals surface area contributed by atoms with Gasteiger partial charge in [0.15, 0.2) is 0 Å². The molecule has 2 saturated carbocycles. The van der Waals surface area contributed by atoms with Gasteiger partial charge in [0.2, 0.25) is 0 Å². The van der Waals surface area contributed by atoms with Crippen LogP contribution in [0.2, 0.25) is 0 Å². The fourth-order valence-electron chi connectivity index (χ4n) is 2.72. The average Bonchev–Trinajstić information content (AvgIpc) is 3.36. The molecular formula is C17H19FN2O. The van der Waals surface area contributed by atoms with Crippen LogP contribution in [0.1, 0.15) is 41.6 Å². The van der Waals surface area contributed by atoms with E-state index in [0.29, 0.717) is 23.0 Å². The number of benzene rings is 1. The SMILES string of the molecule is NCC#Cc1ccc(F)cc1C(=O)NC(C1CC1)C1CC1. The van der Waals surface area contributed by atoms with Gasteiger partial charge in [-0.25, -0.2) is 4.39 Å². The highest BCUT2D eigenvalue weighted by Crippen LogP contribution is 2.44. The summed E-state index contributed by atoms with van der Waals surface area (Å²) >= 11 is 0. The first-order valence-corrected chi connectivity index (χ1v) is 7.48. The van der Waals surface area contributed by atoms with Crippen LogP contribution >= 0.6 is 0 Å². The number of carbonyl (C=O) groups excluding carboxylic acids is 1. The fourth-order valence-corrected chi connectivity index (χ4v) is 2.72. The van der Waals surface area contributed by atoms with Gasteiger partial charge in [0, 0.05) is 11.6 Å². The molecular weight excluding hydrogens is 267 g/mol. The topological polar surface area (TPSA) is 55.1 Å². The molecule has 0 atom stereocenters. The highest BCUT2D eigenvalue weighted by atomic mass is 19.1. The first kappa shape index (κ1) is 14.1. The monoisotopic (exact) mass is 286 g/mol. The molecule has 2 fully saturated rings. The van der Waals surface area contributed by atoms with Gasteiger partial charge in [0.1, 0.15) is 5.82 Å². The summed E-state index contributed by atoms with van der Waals surface area (Å²) in [4.78, 5) is 12.5. The molecule has 0 bridgehead atoms. The summed E-state index contributed by atoms with van der Waals surface area (Å²) < 4.78 is 13.5. The molecule has 1 amide bonds. The lowest BCUT2D eigenvalue weighted by molar-refractivity contribution is 0.0925. The van der Waals surface area contributed by atoms with Gasteiger partial charge in [-0.1, -0.05) is 11.8 Å². The second-order valence-electron chi connectivity index (χ2n) is 5.87. The van der Waals surface area contributed by atoms with E-state index in [1.54, 1.807) is 0 Å². The molecule has 2 aliphatic carbocycles. The van der Waals surface area contributed by atoms with Crippen LogP contribution in [0.25, 0.3) is 0 Å². The summed E-state index contributed by atoms with van der Waals surface area (Å²) in [5.41, 5.74) is 6.20. The Morgan fingerprint density at radius 2 is 2.00 bits per heavy atom. The zero-order valence-corrected chi connectivity index (χ0v) is 11.9. The van der Waals surface area contributed by atoms with E-state index in [1.807, 2.05) is 0 Å². The second kappa shape index (κ2) is 5.87. The number of nitrogens with one attached hydrogen (secondary N) is 1. The van der Waals surface area contributed by atoms with Crippen molar-refractivity contribution in [1.82, 2.24) is 5.32 Å². The molecule has 0 saturated heterocycles. The predicted octanol–water partition coefficient (Wildman–Crippen LogP) is 2.05. The van der Waals surface area contributed by atoms with Gasteiger partial charge in [0.25, 0.3) is 5.91 Å². The maximum Gasteiger partial charge on any atom is 0.252 e. The molecule has 0 heterocycles. The third kappa shape index (κ3) is 3.43. The first-order valence-electron chi connectivity index (χ1n) is 7.48. The molecule has 0 spiro atoms. The standard InChI is InChI=1S/C17H19FN2O/c18-14-8-7-11(2-1-9-19)15(10-14)17(21)20-16(12-3-4-12)13-5-6-13/h7-8,10,12-13,16H,3-6,9,19H2,(H,20,21). The average molecular weight is 286 g/mol. The molecule has 4 heteroatoms. The highest BCUT2D eigenvalue weighted by molar-refractivity contribution is 5.97. The van der Waals surface area contributed by atoms with Crippen molar-refractivity contribution in [3.05, 3.63) is 35.1 Å². The molecule has 0 aromatic heterocycles. The molecule has 3 N–H and O–H groups in total. The number of carbonyl (C=O) groups is 1. The number of amides is 1. The third-order valence-electron chi connectivity index (χ3n) is 4.11. The minimum atomic E-state index is -0.423. The largest absolute Gasteiger partial charge is 0.349 e. The molecule has 1 aromatic rings. The summed E-state index contributed by atoms with van der Waals surface area (Å²) in [6.07, 6.45) is 4.74. The number of hydrogen-bond acceptors (Lipinski definition) is 2. The summed E-state index contributed by atoms with van der Waals surface area (Å²) in [6, 6.07) is 4.36. The zero-order valence-electron chi connectivity index (χ0n) is 11.9. The van der Waals surface area contributed by atoms with Crippen molar-refractivity contribution in [2.24, 2.45) is 17.6 Å². The second-order valence-corrected chi connectivity index (χ2v) is 5.87. The van der Waals surface area contributed by atoms with E-state index < -0.39 is 5.82 Å². The van der Waals surface area contributed by atoms with Crippen molar-refractivity contribution < 1.29 is 9.18 Å². The van der Waals surface area contributed by atoms with Crippen LogP contribution in [0.4, 0.5) is 4.39 Å². The number of rotatable bonds is 4. The van der Waals surface area contributed by atoms with Crippen molar-refractivity contribution in [3.8, 4) is 11.8 Å². The first-order chi connectivity index (χ1) is 10.2. The Labute approximate surface area is 124 Å². The van der Waals surface area contributed by atoms with Crippen LogP contribution in [-0.4, -0.2) is 18.5 Å². The van der Waals surface area contributed by atoms with E-state index in [1.165, 1.54) is 43.9 Å². The Morgan fingerprint density at radius 3 is 2.57 bits per heavy atom. The summed E-state index contributed by atoms with van der Waals surface area (Å²) in [7, 11) is 0. The summed E-state index contributed by atoms with van der Waals surface area (Å²) in [6.45, 7) is 0.214. The van der Waals surface area contributed by atoms with Crippen molar-refractivity contribution in [1.29, 1.82) is 0 Å². The Balaban J connectivity index is 1.80. The van der Waals surface area contributed by atoms with E-state index in [-0.39, 0.29) is 18.5 Å². The number of hydrogen-bond donors (Lipinski definition) is 2. The van der Waals surface area contributed by atoms with E-state index in [4.69, 9.17) is 5.73 Å². The van der Waals surface area contributed by atoms with Crippen molar-refractivity contribution in [2.75, 3.05) is 6.54 Å². The van der Waals surface area contributed by atoms with E-state index in [2.05, 4.69) is 17.2 Å². The van der Waals surface area contributed by atoms with Gasteiger partial charge in [-0.15, -0.1) is 0 Å². The van der Waals surface area contributed by atoms with E-state index in [9.17, 15) is 9.18 Å². The van der Waals surface area contributed by atoms with Crippen LogP contribution in [0.3, 0.4) is 0 Å². The normalized spacial score (nSPS) is 17.3. The molecule has 3 nitrogen and oxygen atoms in total. The van der Waals surface area contributed by atoms with Crippen LogP contribution in [0, 0.1) is 29.5 Å². The van der Waals surface area contributed by atoms with Crippen molar-refractivity contribution >= 4 is 5.91 Å². The van der Waals surface area contributed by atoms with E-state index >= 15 is 0 Å². The highest BCUT2D eigenvalue weighted by Gasteiger charge is 2.42. The Bertz CT molecular complexity index is 597. The number of nitrogens with two attached hydrogens (primary N) is 1. The summed E-state index contributed by atoms with van der Waals surface area (Å²) in [5, 5.41) is 3.10. The van der Waals surface area contributed by atoms with Crippen molar-refractivity contribution in [2.45, 2.75) is 31.7 Å². The maximum atomic E-state index is 13.5. The molecule has 0 aliphatic heterocycles. The molecule has 1 aromatic carbocycles. The summed E-state index contributed by atoms with van der Waals surface area (Å²) in [5.74, 6) is 6.12. The molecule has 110 valence electrons. The zero-order chi connectivity index (χ0) is 14.8. The van der Waals surface area contributed by atoms with Gasteiger partial charge in [0.05, 0.1) is 12.1 Å². The van der Waals surface area contributed by atoms with Gasteiger partial charge in [-0.2, -0.15) is 0 Å². The Hall–Kier alpha value is -1.86. The minimum absolute atomic E-state index is 0.214. The Kier molecular flexibility index (Phi) is 3.94. The van der Waals surface area contributed by atoms with Crippen LogP contribution < -0.4 is 11.1 Å². The molecule has 21 heavy (non-hydrogen) atoms. The lowest BCUT2D eigenvalue weighted by atomic mass is 10.0. The van der Waals surface area contributed by atoms with Crippen LogP contribution in [-0.2, 0) is 0 Å².